The number of hydrogen-bond donors (Lipinski definition) is 3. The Morgan fingerprint density at radius 1 is 1.38 bits per heavy atom. The lowest BCUT2D eigenvalue weighted by atomic mass is 9.95. The van der Waals surface area contributed by atoms with Crippen LogP contribution in [0.15, 0.2) is 30.5 Å². The summed E-state index contributed by atoms with van der Waals surface area (Å²) in [6.07, 6.45) is 3.70. The predicted octanol–water partition coefficient (Wildman–Crippen LogP) is 1.81. The molecule has 3 nitrogen and oxygen atoms in total. The number of benzene rings is 1. The van der Waals surface area contributed by atoms with Crippen molar-refractivity contribution < 1.29 is 5.11 Å². The third kappa shape index (κ3) is 2.26. The molecule has 2 aromatic rings. The highest BCUT2D eigenvalue weighted by Crippen LogP contribution is 2.20. The van der Waals surface area contributed by atoms with Crippen molar-refractivity contribution in [1.82, 2.24) is 4.98 Å². The first-order valence-electron chi connectivity index (χ1n) is 5.57. The van der Waals surface area contributed by atoms with Crippen molar-refractivity contribution in [1.29, 1.82) is 0 Å². The Morgan fingerprint density at radius 3 is 2.88 bits per heavy atom. The number of hydrogen-bond acceptors (Lipinski definition) is 2. The molecule has 0 radical (unpaired) electrons. The zero-order valence-corrected chi connectivity index (χ0v) is 9.53. The molecule has 0 spiro atoms. The Balaban J connectivity index is 2.16. The Bertz CT molecular complexity index is 473. The number of aliphatic hydroxyl groups excluding tert-OH is 1. The molecule has 0 saturated carbocycles. The fourth-order valence-corrected chi connectivity index (χ4v) is 1.84. The van der Waals surface area contributed by atoms with Crippen LogP contribution in [-0.4, -0.2) is 22.2 Å². The number of para-hydroxylation sites is 1. The number of aliphatic hydroxyl groups is 1. The van der Waals surface area contributed by atoms with Crippen molar-refractivity contribution in [3.05, 3.63) is 36.0 Å². The van der Waals surface area contributed by atoms with Crippen molar-refractivity contribution in [2.45, 2.75) is 25.3 Å². The van der Waals surface area contributed by atoms with E-state index in [9.17, 15) is 0 Å². The standard InChI is InChI=1S/C13H18N2O/c1-13(14,9-16)7-6-10-8-15-12-5-3-2-4-11(10)12/h2-5,8,15-16H,6-7,9,14H2,1H3. The number of aromatic nitrogens is 1. The maximum atomic E-state index is 9.10. The lowest BCUT2D eigenvalue weighted by Crippen LogP contribution is -2.40. The van der Waals surface area contributed by atoms with Crippen molar-refractivity contribution in [3.8, 4) is 0 Å². The molecule has 1 heterocycles. The minimum Gasteiger partial charge on any atom is -0.394 e. The predicted molar refractivity (Wildman–Crippen MR) is 66.3 cm³/mol. The van der Waals surface area contributed by atoms with Crippen molar-refractivity contribution in [3.63, 3.8) is 0 Å². The topological polar surface area (TPSA) is 62.0 Å². The van der Waals surface area contributed by atoms with Crippen molar-refractivity contribution in [2.24, 2.45) is 5.73 Å². The lowest BCUT2D eigenvalue weighted by molar-refractivity contribution is 0.201. The van der Waals surface area contributed by atoms with E-state index < -0.39 is 5.54 Å². The molecule has 0 fully saturated rings. The van der Waals surface area contributed by atoms with Crippen LogP contribution in [0.5, 0.6) is 0 Å². The number of H-pyrrole nitrogens is 1. The monoisotopic (exact) mass is 218 g/mol. The summed E-state index contributed by atoms with van der Waals surface area (Å²) in [5.74, 6) is 0. The van der Waals surface area contributed by atoms with Crippen LogP contribution >= 0.6 is 0 Å². The van der Waals surface area contributed by atoms with E-state index in [4.69, 9.17) is 10.8 Å². The first kappa shape index (κ1) is 11.2. The number of nitrogens with two attached hydrogens (primary N) is 1. The van der Waals surface area contributed by atoms with E-state index >= 15 is 0 Å². The van der Waals surface area contributed by atoms with Crippen molar-refractivity contribution in [2.75, 3.05) is 6.61 Å². The number of rotatable bonds is 4. The molecule has 0 amide bonds. The van der Waals surface area contributed by atoms with Crippen LogP contribution < -0.4 is 5.73 Å². The number of fused-ring (bicyclic) bond motifs is 1. The molecule has 86 valence electrons. The van der Waals surface area contributed by atoms with Gasteiger partial charge in [0.05, 0.1) is 6.61 Å². The molecule has 0 aliphatic rings. The fraction of sp³-hybridized carbons (Fsp3) is 0.385. The van der Waals surface area contributed by atoms with Crippen LogP contribution in [0.25, 0.3) is 10.9 Å². The molecule has 0 aliphatic carbocycles. The van der Waals surface area contributed by atoms with Crippen LogP contribution in [0.1, 0.15) is 18.9 Å². The summed E-state index contributed by atoms with van der Waals surface area (Å²) >= 11 is 0. The molecular weight excluding hydrogens is 200 g/mol. The molecule has 2 rings (SSSR count). The van der Waals surface area contributed by atoms with Gasteiger partial charge in [-0.3, -0.25) is 0 Å². The summed E-state index contributed by atoms with van der Waals surface area (Å²) < 4.78 is 0. The van der Waals surface area contributed by atoms with Crippen LogP contribution in [0.4, 0.5) is 0 Å². The molecule has 3 heteroatoms. The molecule has 16 heavy (non-hydrogen) atoms. The van der Waals surface area contributed by atoms with E-state index in [1.54, 1.807) is 0 Å². The Morgan fingerprint density at radius 2 is 2.12 bits per heavy atom. The van der Waals surface area contributed by atoms with Gasteiger partial charge >= 0.3 is 0 Å². The highest BCUT2D eigenvalue weighted by atomic mass is 16.3. The minimum atomic E-state index is -0.488. The Hall–Kier alpha value is -1.32. The SMILES string of the molecule is CC(N)(CO)CCc1c[nH]c2ccccc12. The van der Waals surface area contributed by atoms with E-state index in [2.05, 4.69) is 17.1 Å². The molecule has 0 aliphatic heterocycles. The molecule has 1 aromatic heterocycles. The van der Waals surface area contributed by atoms with Crippen molar-refractivity contribution >= 4 is 10.9 Å². The summed E-state index contributed by atoms with van der Waals surface area (Å²) in [6, 6.07) is 8.22. The molecule has 1 aromatic carbocycles. The van der Waals surface area contributed by atoms with Crippen LogP contribution in [0.2, 0.25) is 0 Å². The second kappa shape index (κ2) is 4.28. The van der Waals surface area contributed by atoms with Gasteiger partial charge in [-0.15, -0.1) is 0 Å². The molecule has 1 atom stereocenters. The quantitative estimate of drug-likeness (QED) is 0.733. The summed E-state index contributed by atoms with van der Waals surface area (Å²) in [5.41, 5.74) is 7.85. The highest BCUT2D eigenvalue weighted by Gasteiger charge is 2.17. The summed E-state index contributed by atoms with van der Waals surface area (Å²) in [5, 5.41) is 10.3. The fourth-order valence-electron chi connectivity index (χ4n) is 1.84. The van der Waals surface area contributed by atoms with Crippen LogP contribution in [0, 0.1) is 0 Å². The average molecular weight is 218 g/mol. The van der Waals surface area contributed by atoms with Gasteiger partial charge in [-0.05, 0) is 31.4 Å². The Kier molecular flexibility index (Phi) is 2.99. The largest absolute Gasteiger partial charge is 0.394 e. The summed E-state index contributed by atoms with van der Waals surface area (Å²) in [4.78, 5) is 3.24. The first-order valence-corrected chi connectivity index (χ1v) is 5.57. The van der Waals surface area contributed by atoms with E-state index in [-0.39, 0.29) is 6.61 Å². The zero-order chi connectivity index (χ0) is 11.6. The number of aromatic amines is 1. The molecule has 0 bridgehead atoms. The smallest absolute Gasteiger partial charge is 0.0608 e. The third-order valence-electron chi connectivity index (χ3n) is 3.00. The van der Waals surface area contributed by atoms with E-state index in [1.165, 1.54) is 10.9 Å². The number of nitrogens with one attached hydrogen (secondary N) is 1. The summed E-state index contributed by atoms with van der Waals surface area (Å²) in [6.45, 7) is 1.90. The van der Waals surface area contributed by atoms with E-state index in [0.29, 0.717) is 0 Å². The van der Waals surface area contributed by atoms with Gasteiger partial charge in [-0.25, -0.2) is 0 Å². The van der Waals surface area contributed by atoms with Gasteiger partial charge in [0.2, 0.25) is 0 Å². The third-order valence-corrected chi connectivity index (χ3v) is 3.00. The first-order chi connectivity index (χ1) is 7.62. The Labute approximate surface area is 95.3 Å². The van der Waals surface area contributed by atoms with Gasteiger partial charge < -0.3 is 15.8 Å². The normalized spacial score (nSPS) is 15.2. The van der Waals surface area contributed by atoms with Gasteiger partial charge in [0.1, 0.15) is 0 Å². The lowest BCUT2D eigenvalue weighted by Gasteiger charge is -2.21. The second-order valence-corrected chi connectivity index (χ2v) is 4.67. The van der Waals surface area contributed by atoms with Crippen LogP contribution in [0.3, 0.4) is 0 Å². The maximum Gasteiger partial charge on any atom is 0.0608 e. The molecule has 0 saturated heterocycles. The van der Waals surface area contributed by atoms with Gasteiger partial charge in [0.15, 0.2) is 0 Å². The highest BCUT2D eigenvalue weighted by molar-refractivity contribution is 5.82. The second-order valence-electron chi connectivity index (χ2n) is 4.67. The minimum absolute atomic E-state index is 0.0232. The molecular formula is C13H18N2O. The van der Waals surface area contributed by atoms with Gasteiger partial charge in [0, 0.05) is 22.6 Å². The molecule has 1 unspecified atom stereocenters. The van der Waals surface area contributed by atoms with E-state index in [0.717, 1.165) is 18.4 Å². The molecule has 4 N–H and O–H groups in total. The van der Waals surface area contributed by atoms with Gasteiger partial charge in [-0.2, -0.15) is 0 Å². The average Bonchev–Trinajstić information content (AvgIpc) is 2.70. The van der Waals surface area contributed by atoms with E-state index in [1.807, 2.05) is 25.3 Å². The maximum absolute atomic E-state index is 9.10. The van der Waals surface area contributed by atoms with Gasteiger partial charge in [0.25, 0.3) is 0 Å². The van der Waals surface area contributed by atoms with Crippen LogP contribution in [-0.2, 0) is 6.42 Å². The summed E-state index contributed by atoms with van der Waals surface area (Å²) in [7, 11) is 0. The van der Waals surface area contributed by atoms with Gasteiger partial charge in [-0.1, -0.05) is 18.2 Å². The zero-order valence-electron chi connectivity index (χ0n) is 9.53. The number of aryl methyl sites for hydroxylation is 1.